The first-order chi connectivity index (χ1) is 10.1. The smallest absolute Gasteiger partial charge is 0.253 e. The highest BCUT2D eigenvalue weighted by Gasteiger charge is 2.29. The minimum atomic E-state index is -0.00964. The molecule has 5 nitrogen and oxygen atoms in total. The number of rotatable bonds is 2. The van der Waals surface area contributed by atoms with E-state index in [1.807, 2.05) is 17.0 Å². The van der Waals surface area contributed by atoms with Crippen molar-refractivity contribution in [2.75, 3.05) is 18.4 Å². The quantitative estimate of drug-likeness (QED) is 0.863. The molecule has 2 heterocycles. The van der Waals surface area contributed by atoms with Crippen molar-refractivity contribution >= 4 is 17.5 Å². The van der Waals surface area contributed by atoms with E-state index in [1.54, 1.807) is 6.07 Å². The van der Waals surface area contributed by atoms with Crippen molar-refractivity contribution in [3.05, 3.63) is 29.3 Å². The summed E-state index contributed by atoms with van der Waals surface area (Å²) in [6.45, 7) is 3.56. The molecular weight excluding hydrogens is 266 g/mol. The van der Waals surface area contributed by atoms with Gasteiger partial charge in [0.2, 0.25) is 5.91 Å². The minimum Gasteiger partial charge on any atom is -0.338 e. The monoisotopic (exact) mass is 287 g/mol. The number of nitrogens with zero attached hydrogens (tertiary/aromatic N) is 1. The van der Waals surface area contributed by atoms with Crippen LogP contribution in [0.1, 0.15) is 35.7 Å². The van der Waals surface area contributed by atoms with Gasteiger partial charge in [0, 0.05) is 30.4 Å². The summed E-state index contributed by atoms with van der Waals surface area (Å²) < 4.78 is 0. The molecule has 0 bridgehead atoms. The second-order valence-electron chi connectivity index (χ2n) is 5.97. The zero-order valence-electron chi connectivity index (χ0n) is 12.3. The van der Waals surface area contributed by atoms with Gasteiger partial charge in [-0.25, -0.2) is 0 Å². The van der Waals surface area contributed by atoms with Crippen LogP contribution in [-0.2, 0) is 11.2 Å². The first-order valence-corrected chi connectivity index (χ1v) is 7.56. The maximum Gasteiger partial charge on any atom is 0.253 e. The highest BCUT2D eigenvalue weighted by atomic mass is 16.2. The Kier molecular flexibility index (Phi) is 3.68. The summed E-state index contributed by atoms with van der Waals surface area (Å²) in [7, 11) is 0. The molecule has 2 aliphatic rings. The summed E-state index contributed by atoms with van der Waals surface area (Å²) in [5.74, 6) is 0.410. The predicted molar refractivity (Wildman–Crippen MR) is 81.1 cm³/mol. The Labute approximate surface area is 124 Å². The van der Waals surface area contributed by atoms with Crippen LogP contribution in [0.25, 0.3) is 0 Å². The number of nitrogens with two attached hydrogens (primary N) is 1. The lowest BCUT2D eigenvalue weighted by molar-refractivity contribution is -0.115. The number of hydrogen-bond acceptors (Lipinski definition) is 3. The molecule has 2 atom stereocenters. The Hall–Kier alpha value is -1.88. The van der Waals surface area contributed by atoms with Gasteiger partial charge in [-0.1, -0.05) is 13.3 Å². The second-order valence-corrected chi connectivity index (χ2v) is 5.97. The van der Waals surface area contributed by atoms with E-state index in [1.165, 1.54) is 0 Å². The number of fused-ring (bicyclic) bond motifs is 1. The zero-order chi connectivity index (χ0) is 15.0. The highest BCUT2D eigenvalue weighted by molar-refractivity contribution is 6.01. The maximum atomic E-state index is 12.6. The summed E-state index contributed by atoms with van der Waals surface area (Å²) in [6, 6.07) is 5.65. The van der Waals surface area contributed by atoms with E-state index in [4.69, 9.17) is 5.73 Å². The van der Waals surface area contributed by atoms with E-state index in [9.17, 15) is 9.59 Å². The van der Waals surface area contributed by atoms with E-state index < -0.39 is 0 Å². The van der Waals surface area contributed by atoms with Crippen LogP contribution in [0.5, 0.6) is 0 Å². The molecule has 112 valence electrons. The first kappa shape index (κ1) is 14.1. The number of amides is 2. The van der Waals surface area contributed by atoms with Gasteiger partial charge < -0.3 is 16.0 Å². The van der Waals surface area contributed by atoms with Crippen LogP contribution >= 0.6 is 0 Å². The number of hydrogen-bond donors (Lipinski definition) is 2. The fraction of sp³-hybridized carbons (Fsp3) is 0.500. The van der Waals surface area contributed by atoms with Gasteiger partial charge in [0.25, 0.3) is 5.91 Å². The van der Waals surface area contributed by atoms with Crippen LogP contribution in [0.2, 0.25) is 0 Å². The lowest BCUT2D eigenvalue weighted by atomic mass is 9.90. The maximum absolute atomic E-state index is 12.6. The van der Waals surface area contributed by atoms with E-state index in [0.29, 0.717) is 24.4 Å². The van der Waals surface area contributed by atoms with E-state index >= 15 is 0 Å². The van der Waals surface area contributed by atoms with Gasteiger partial charge in [0.05, 0.1) is 6.42 Å². The summed E-state index contributed by atoms with van der Waals surface area (Å²) >= 11 is 0. The summed E-state index contributed by atoms with van der Waals surface area (Å²) in [4.78, 5) is 25.9. The number of nitrogens with one attached hydrogen (secondary N) is 1. The first-order valence-electron chi connectivity index (χ1n) is 7.56. The van der Waals surface area contributed by atoms with Gasteiger partial charge >= 0.3 is 0 Å². The number of benzene rings is 1. The molecule has 21 heavy (non-hydrogen) atoms. The Morgan fingerprint density at radius 1 is 1.48 bits per heavy atom. The average Bonchev–Trinajstić information content (AvgIpc) is 2.86. The molecule has 3 N–H and O–H groups in total. The third-order valence-electron chi connectivity index (χ3n) is 4.58. The fourth-order valence-electron chi connectivity index (χ4n) is 3.21. The molecular formula is C16H21N3O2. The normalized spacial score (nSPS) is 24.7. The molecule has 5 heteroatoms. The molecule has 0 spiro atoms. The van der Waals surface area contributed by atoms with E-state index in [-0.39, 0.29) is 17.9 Å². The van der Waals surface area contributed by atoms with Crippen molar-refractivity contribution in [2.24, 2.45) is 11.7 Å². The number of carbonyl (C=O) groups is 2. The van der Waals surface area contributed by atoms with Crippen molar-refractivity contribution in [1.29, 1.82) is 0 Å². The summed E-state index contributed by atoms with van der Waals surface area (Å²) in [5, 5.41) is 2.78. The Bertz CT molecular complexity index is 585. The Morgan fingerprint density at radius 3 is 3.05 bits per heavy atom. The van der Waals surface area contributed by atoms with Crippen LogP contribution < -0.4 is 11.1 Å². The van der Waals surface area contributed by atoms with Crippen LogP contribution in [0.3, 0.4) is 0 Å². The molecule has 0 saturated carbocycles. The Morgan fingerprint density at radius 2 is 2.29 bits per heavy atom. The molecule has 0 radical (unpaired) electrons. The number of carbonyl (C=O) groups excluding carboxylic acids is 2. The topological polar surface area (TPSA) is 75.4 Å². The van der Waals surface area contributed by atoms with Gasteiger partial charge in [-0.15, -0.1) is 0 Å². The Balaban J connectivity index is 1.77. The van der Waals surface area contributed by atoms with E-state index in [0.717, 1.165) is 30.6 Å². The molecule has 0 aliphatic carbocycles. The van der Waals surface area contributed by atoms with Crippen molar-refractivity contribution in [1.82, 2.24) is 4.90 Å². The SMILES string of the molecule is CCC1CN(C(=O)c2ccc3c(c2)CC(=O)N3)CCC1N. The molecule has 2 amide bonds. The highest BCUT2D eigenvalue weighted by Crippen LogP contribution is 2.26. The predicted octanol–water partition coefficient (Wildman–Crippen LogP) is 1.38. The minimum absolute atomic E-state index is 0.00964. The average molecular weight is 287 g/mol. The molecule has 0 aromatic heterocycles. The zero-order valence-corrected chi connectivity index (χ0v) is 12.3. The van der Waals surface area contributed by atoms with Crippen LogP contribution in [-0.4, -0.2) is 35.8 Å². The fourth-order valence-corrected chi connectivity index (χ4v) is 3.21. The molecule has 2 unspecified atom stereocenters. The van der Waals surface area contributed by atoms with Gasteiger partial charge in [-0.3, -0.25) is 9.59 Å². The molecule has 3 rings (SSSR count). The molecule has 1 saturated heterocycles. The van der Waals surface area contributed by atoms with E-state index in [2.05, 4.69) is 12.2 Å². The second kappa shape index (κ2) is 5.48. The summed E-state index contributed by atoms with van der Waals surface area (Å²) in [6.07, 6.45) is 2.21. The van der Waals surface area contributed by atoms with Gasteiger partial charge in [-0.2, -0.15) is 0 Å². The van der Waals surface area contributed by atoms with Crippen molar-refractivity contribution in [3.8, 4) is 0 Å². The number of piperidine rings is 1. The summed E-state index contributed by atoms with van der Waals surface area (Å²) in [5.41, 5.74) is 8.49. The van der Waals surface area contributed by atoms with Crippen molar-refractivity contribution in [3.63, 3.8) is 0 Å². The van der Waals surface area contributed by atoms with Crippen LogP contribution in [0.15, 0.2) is 18.2 Å². The van der Waals surface area contributed by atoms with Crippen molar-refractivity contribution in [2.45, 2.75) is 32.2 Å². The number of anilines is 1. The standard InChI is InChI=1S/C16H21N3O2/c1-2-10-9-19(6-5-13(10)17)16(21)11-3-4-14-12(7-11)8-15(20)18-14/h3-4,7,10,13H,2,5-6,8-9,17H2,1H3,(H,18,20). The van der Waals surface area contributed by atoms with Gasteiger partial charge in [0.15, 0.2) is 0 Å². The van der Waals surface area contributed by atoms with Gasteiger partial charge in [0.1, 0.15) is 0 Å². The van der Waals surface area contributed by atoms with Crippen LogP contribution in [0.4, 0.5) is 5.69 Å². The largest absolute Gasteiger partial charge is 0.338 e. The number of likely N-dealkylation sites (tertiary alicyclic amines) is 1. The van der Waals surface area contributed by atoms with Crippen molar-refractivity contribution < 1.29 is 9.59 Å². The van der Waals surface area contributed by atoms with Gasteiger partial charge in [-0.05, 0) is 36.1 Å². The molecule has 1 aromatic carbocycles. The third-order valence-corrected chi connectivity index (χ3v) is 4.58. The lowest BCUT2D eigenvalue weighted by Crippen LogP contribution is -2.49. The molecule has 1 fully saturated rings. The molecule has 1 aromatic rings. The third kappa shape index (κ3) is 2.65. The molecule has 2 aliphatic heterocycles. The lowest BCUT2D eigenvalue weighted by Gasteiger charge is -2.36. The van der Waals surface area contributed by atoms with Crippen LogP contribution in [0, 0.1) is 5.92 Å².